The van der Waals surface area contributed by atoms with Crippen molar-refractivity contribution in [3.8, 4) is 0 Å². The maximum atomic E-state index is 13.7. The van der Waals surface area contributed by atoms with Gasteiger partial charge in [0.1, 0.15) is 5.82 Å². The molecule has 2 nitrogen and oxygen atoms in total. The summed E-state index contributed by atoms with van der Waals surface area (Å²) in [6.45, 7) is 5.79. The van der Waals surface area contributed by atoms with Gasteiger partial charge in [-0.25, -0.2) is 4.39 Å². The van der Waals surface area contributed by atoms with E-state index in [-0.39, 0.29) is 36.7 Å². The highest BCUT2D eigenvalue weighted by atomic mass is 35.5. The van der Waals surface area contributed by atoms with Crippen LogP contribution in [0.1, 0.15) is 18.5 Å². The Morgan fingerprint density at radius 3 is 2.44 bits per heavy atom. The fraction of sp³-hybridized carbons (Fsp3) is 0.500. The maximum Gasteiger partial charge on any atom is 0.129 e. The van der Waals surface area contributed by atoms with E-state index in [1.165, 1.54) is 6.07 Å². The number of rotatable bonds is 2. The third-order valence-corrected chi connectivity index (χ3v) is 3.45. The van der Waals surface area contributed by atoms with Gasteiger partial charge in [0.2, 0.25) is 0 Å². The van der Waals surface area contributed by atoms with Crippen molar-refractivity contribution in [1.29, 1.82) is 0 Å². The largest absolute Gasteiger partial charge is 0.314 e. The van der Waals surface area contributed by atoms with Crippen LogP contribution in [-0.4, -0.2) is 31.1 Å². The standard InChI is InChI=1S/C12H16ClFN2.2ClH/c1-9(16-7-5-15-6-8-16)12-10(13)3-2-4-11(12)14;;/h2-4,9,15H,5-8H2,1H3;2*1H/t9-;;/m0../s1. The monoisotopic (exact) mass is 314 g/mol. The van der Waals surface area contributed by atoms with Crippen LogP contribution in [0.2, 0.25) is 5.02 Å². The summed E-state index contributed by atoms with van der Waals surface area (Å²) in [4.78, 5) is 2.25. The molecular weight excluding hydrogens is 298 g/mol. The topological polar surface area (TPSA) is 15.3 Å². The van der Waals surface area contributed by atoms with Crippen molar-refractivity contribution in [3.05, 3.63) is 34.6 Å². The van der Waals surface area contributed by atoms with E-state index in [1.54, 1.807) is 12.1 Å². The molecule has 0 unspecified atom stereocenters. The van der Waals surface area contributed by atoms with Gasteiger partial charge in [0.25, 0.3) is 0 Å². The summed E-state index contributed by atoms with van der Waals surface area (Å²) in [6.07, 6.45) is 0. The summed E-state index contributed by atoms with van der Waals surface area (Å²) in [7, 11) is 0. The molecule has 0 bridgehead atoms. The Labute approximate surface area is 125 Å². The molecule has 0 radical (unpaired) electrons. The molecule has 0 amide bonds. The van der Waals surface area contributed by atoms with E-state index in [1.807, 2.05) is 6.92 Å². The quantitative estimate of drug-likeness (QED) is 0.901. The Morgan fingerprint density at radius 1 is 1.28 bits per heavy atom. The zero-order valence-corrected chi connectivity index (χ0v) is 12.5. The van der Waals surface area contributed by atoms with Crippen molar-refractivity contribution in [3.63, 3.8) is 0 Å². The van der Waals surface area contributed by atoms with E-state index < -0.39 is 0 Å². The fourth-order valence-electron chi connectivity index (χ4n) is 2.16. The van der Waals surface area contributed by atoms with Crippen LogP contribution in [-0.2, 0) is 0 Å². The van der Waals surface area contributed by atoms with Gasteiger partial charge >= 0.3 is 0 Å². The van der Waals surface area contributed by atoms with E-state index in [9.17, 15) is 4.39 Å². The number of benzene rings is 1. The van der Waals surface area contributed by atoms with Gasteiger partial charge in [0.05, 0.1) is 0 Å². The Hall–Kier alpha value is -0.0600. The van der Waals surface area contributed by atoms with Gasteiger partial charge in [0.15, 0.2) is 0 Å². The number of halogens is 4. The summed E-state index contributed by atoms with van der Waals surface area (Å²) in [5.74, 6) is -0.210. The molecule has 104 valence electrons. The van der Waals surface area contributed by atoms with E-state index in [0.717, 1.165) is 26.2 Å². The predicted octanol–water partition coefficient (Wildman–Crippen LogP) is 3.29. The van der Waals surface area contributed by atoms with Gasteiger partial charge in [-0.3, -0.25) is 4.90 Å². The molecule has 0 spiro atoms. The number of nitrogens with zero attached hydrogens (tertiary/aromatic N) is 1. The Kier molecular flexibility index (Phi) is 8.15. The second-order valence-electron chi connectivity index (χ2n) is 4.10. The summed E-state index contributed by atoms with van der Waals surface area (Å²) < 4.78 is 13.7. The van der Waals surface area contributed by atoms with Gasteiger partial charge in [-0.2, -0.15) is 0 Å². The van der Waals surface area contributed by atoms with Crippen molar-refractivity contribution in [1.82, 2.24) is 10.2 Å². The van der Waals surface area contributed by atoms with E-state index >= 15 is 0 Å². The van der Waals surface area contributed by atoms with Crippen molar-refractivity contribution < 1.29 is 4.39 Å². The molecule has 0 aromatic heterocycles. The Morgan fingerprint density at radius 2 is 1.89 bits per heavy atom. The highest BCUT2D eigenvalue weighted by Crippen LogP contribution is 2.29. The van der Waals surface area contributed by atoms with Crippen LogP contribution in [0, 0.1) is 5.82 Å². The average Bonchev–Trinajstić information content (AvgIpc) is 2.30. The lowest BCUT2D eigenvalue weighted by molar-refractivity contribution is 0.182. The highest BCUT2D eigenvalue weighted by Gasteiger charge is 2.22. The van der Waals surface area contributed by atoms with Crippen LogP contribution in [0.4, 0.5) is 4.39 Å². The number of piperazine rings is 1. The highest BCUT2D eigenvalue weighted by molar-refractivity contribution is 6.31. The normalized spacial score (nSPS) is 17.5. The number of hydrogen-bond donors (Lipinski definition) is 1. The molecule has 1 atom stereocenters. The number of hydrogen-bond acceptors (Lipinski definition) is 2. The first kappa shape index (κ1) is 17.9. The zero-order chi connectivity index (χ0) is 11.5. The molecule has 1 aliphatic rings. The predicted molar refractivity (Wildman–Crippen MR) is 78.8 cm³/mol. The molecule has 1 saturated heterocycles. The molecule has 1 heterocycles. The Bertz CT molecular complexity index is 350. The van der Waals surface area contributed by atoms with Crippen molar-refractivity contribution >= 4 is 36.4 Å². The van der Waals surface area contributed by atoms with Crippen LogP contribution >= 0.6 is 36.4 Å². The fourth-order valence-corrected chi connectivity index (χ4v) is 2.48. The zero-order valence-electron chi connectivity index (χ0n) is 10.2. The lowest BCUT2D eigenvalue weighted by Crippen LogP contribution is -2.44. The minimum atomic E-state index is -0.210. The molecule has 2 rings (SSSR count). The second kappa shape index (κ2) is 8.18. The first-order valence-corrected chi connectivity index (χ1v) is 5.96. The summed E-state index contributed by atoms with van der Waals surface area (Å²) in [6, 6.07) is 4.90. The third kappa shape index (κ3) is 3.97. The molecule has 1 aromatic carbocycles. The first-order valence-electron chi connectivity index (χ1n) is 5.59. The Balaban J connectivity index is 0.00000144. The third-order valence-electron chi connectivity index (χ3n) is 3.12. The van der Waals surface area contributed by atoms with E-state index in [4.69, 9.17) is 11.6 Å². The lowest BCUT2D eigenvalue weighted by atomic mass is 10.1. The average molecular weight is 316 g/mol. The lowest BCUT2D eigenvalue weighted by Gasteiger charge is -2.33. The molecule has 6 heteroatoms. The molecular formula is C12H18Cl3FN2. The van der Waals surface area contributed by atoms with E-state index in [0.29, 0.717) is 10.6 Å². The summed E-state index contributed by atoms with van der Waals surface area (Å²) in [5.41, 5.74) is 0.617. The van der Waals surface area contributed by atoms with Gasteiger partial charge in [-0.05, 0) is 19.1 Å². The molecule has 1 fully saturated rings. The van der Waals surface area contributed by atoms with Crippen molar-refractivity contribution in [2.24, 2.45) is 0 Å². The smallest absolute Gasteiger partial charge is 0.129 e. The SMILES string of the molecule is C[C@@H](c1c(F)cccc1Cl)N1CCNCC1.Cl.Cl. The first-order chi connectivity index (χ1) is 7.70. The van der Waals surface area contributed by atoms with Gasteiger partial charge in [-0.15, -0.1) is 24.8 Å². The molecule has 18 heavy (non-hydrogen) atoms. The van der Waals surface area contributed by atoms with Crippen LogP contribution in [0.5, 0.6) is 0 Å². The van der Waals surface area contributed by atoms with Crippen molar-refractivity contribution in [2.75, 3.05) is 26.2 Å². The maximum absolute atomic E-state index is 13.7. The molecule has 1 N–H and O–H groups in total. The molecule has 1 aliphatic heterocycles. The molecule has 0 aliphatic carbocycles. The van der Waals surface area contributed by atoms with Crippen LogP contribution in [0.25, 0.3) is 0 Å². The summed E-state index contributed by atoms with van der Waals surface area (Å²) >= 11 is 6.06. The van der Waals surface area contributed by atoms with E-state index in [2.05, 4.69) is 10.2 Å². The summed E-state index contributed by atoms with van der Waals surface area (Å²) in [5, 5.41) is 3.80. The van der Waals surface area contributed by atoms with Gasteiger partial charge in [0, 0.05) is 42.8 Å². The minimum absolute atomic E-state index is 0. The second-order valence-corrected chi connectivity index (χ2v) is 4.50. The molecule has 1 aromatic rings. The van der Waals surface area contributed by atoms with Crippen molar-refractivity contribution in [2.45, 2.75) is 13.0 Å². The molecule has 0 saturated carbocycles. The van der Waals surface area contributed by atoms with Gasteiger partial charge < -0.3 is 5.32 Å². The van der Waals surface area contributed by atoms with Crippen LogP contribution in [0.15, 0.2) is 18.2 Å². The van der Waals surface area contributed by atoms with Crippen LogP contribution in [0.3, 0.4) is 0 Å². The van der Waals surface area contributed by atoms with Gasteiger partial charge in [-0.1, -0.05) is 17.7 Å². The number of nitrogens with one attached hydrogen (secondary N) is 1. The van der Waals surface area contributed by atoms with Crippen LogP contribution < -0.4 is 5.32 Å². The minimum Gasteiger partial charge on any atom is -0.314 e.